The Hall–Kier alpha value is -2.95. The van der Waals surface area contributed by atoms with E-state index >= 15 is 0 Å². The summed E-state index contributed by atoms with van der Waals surface area (Å²) in [6.07, 6.45) is 0. The number of thiazole rings is 1. The molecule has 0 radical (unpaired) electrons. The maximum Gasteiger partial charge on any atom is 0.211 e. The molecule has 0 aliphatic rings. The summed E-state index contributed by atoms with van der Waals surface area (Å²) in [5.74, 6) is 0. The van der Waals surface area contributed by atoms with Crippen LogP contribution in [0.25, 0.3) is 11.3 Å². The van der Waals surface area contributed by atoms with Crippen LogP contribution < -0.4 is 4.80 Å². The van der Waals surface area contributed by atoms with Crippen LogP contribution in [0.3, 0.4) is 0 Å². The average Bonchev–Trinajstić information content (AvgIpc) is 3.13. The molecule has 3 nitrogen and oxygen atoms in total. The minimum atomic E-state index is 0.697. The zero-order valence-electron chi connectivity index (χ0n) is 18.1. The van der Waals surface area contributed by atoms with E-state index in [0.717, 1.165) is 38.6 Å². The molecular weight excluding hydrogens is 422 g/mol. The molecule has 0 unspecified atom stereocenters. The predicted octanol–water partition coefficient (Wildman–Crippen LogP) is 7.30. The molecule has 156 valence electrons. The number of rotatable bonds is 4. The number of aromatic nitrogens is 1. The third-order valence-electron chi connectivity index (χ3n) is 5.11. The van der Waals surface area contributed by atoms with Crippen molar-refractivity contribution >= 4 is 34.3 Å². The highest BCUT2D eigenvalue weighted by Crippen LogP contribution is 2.25. The summed E-state index contributed by atoms with van der Waals surface area (Å²) in [7, 11) is 0. The summed E-state index contributed by atoms with van der Waals surface area (Å²) in [6.45, 7) is 8.27. The third-order valence-corrected chi connectivity index (χ3v) is 6.16. The van der Waals surface area contributed by atoms with Crippen LogP contribution in [0.15, 0.2) is 82.2 Å². The van der Waals surface area contributed by atoms with Crippen LogP contribution in [0.5, 0.6) is 0 Å². The lowest BCUT2D eigenvalue weighted by atomic mass is 10.1. The second-order valence-electron chi connectivity index (χ2n) is 7.68. The van der Waals surface area contributed by atoms with Crippen molar-refractivity contribution < 1.29 is 0 Å². The van der Waals surface area contributed by atoms with Gasteiger partial charge in [0.05, 0.1) is 17.1 Å². The van der Waals surface area contributed by atoms with Gasteiger partial charge in [0.2, 0.25) is 4.80 Å². The Morgan fingerprint density at radius 2 is 1.65 bits per heavy atom. The van der Waals surface area contributed by atoms with Crippen LogP contribution in [0.2, 0.25) is 5.02 Å². The smallest absolute Gasteiger partial charge is 0.211 e. The monoisotopic (exact) mass is 445 g/mol. The Labute approximate surface area is 192 Å². The highest BCUT2D eigenvalue weighted by Gasteiger charge is 2.10. The summed E-state index contributed by atoms with van der Waals surface area (Å²) in [5, 5.41) is 7.76. The molecule has 0 aliphatic carbocycles. The predicted molar refractivity (Wildman–Crippen MR) is 133 cm³/mol. The van der Waals surface area contributed by atoms with E-state index in [4.69, 9.17) is 21.7 Å². The van der Waals surface area contributed by atoms with Crippen molar-refractivity contribution in [2.75, 3.05) is 0 Å². The van der Waals surface area contributed by atoms with E-state index in [1.54, 1.807) is 11.3 Å². The maximum absolute atomic E-state index is 6.27. The lowest BCUT2D eigenvalue weighted by molar-refractivity contribution is 0.847. The van der Waals surface area contributed by atoms with Crippen LogP contribution in [-0.2, 0) is 0 Å². The normalized spacial score (nSPS) is 12.4. The molecule has 0 N–H and O–H groups in total. The van der Waals surface area contributed by atoms with Crippen LogP contribution in [-0.4, -0.2) is 10.4 Å². The topological polar surface area (TPSA) is 29.6 Å². The van der Waals surface area contributed by atoms with E-state index in [0.29, 0.717) is 5.02 Å². The van der Waals surface area contributed by atoms with Gasteiger partial charge in [-0.05, 0) is 62.6 Å². The highest BCUT2D eigenvalue weighted by atomic mass is 35.5. The average molecular weight is 446 g/mol. The summed E-state index contributed by atoms with van der Waals surface area (Å²) in [4.78, 5) is 5.79. The number of aryl methyl sites for hydroxylation is 3. The van der Waals surface area contributed by atoms with Crippen LogP contribution in [0.4, 0.5) is 5.69 Å². The van der Waals surface area contributed by atoms with Crippen molar-refractivity contribution in [3.05, 3.63) is 104 Å². The molecule has 3 aromatic carbocycles. The fourth-order valence-corrected chi connectivity index (χ4v) is 4.30. The molecule has 1 aromatic heterocycles. The second-order valence-corrected chi connectivity index (χ2v) is 8.95. The first-order valence-electron chi connectivity index (χ1n) is 10.1. The van der Waals surface area contributed by atoms with Crippen molar-refractivity contribution in [2.24, 2.45) is 10.1 Å². The number of halogens is 1. The number of hydrogen-bond acceptors (Lipinski definition) is 3. The highest BCUT2D eigenvalue weighted by molar-refractivity contribution is 7.07. The lowest BCUT2D eigenvalue weighted by Crippen LogP contribution is -2.14. The van der Waals surface area contributed by atoms with E-state index < -0.39 is 0 Å². The summed E-state index contributed by atoms with van der Waals surface area (Å²) >= 11 is 7.85. The molecule has 4 aromatic rings. The van der Waals surface area contributed by atoms with Crippen molar-refractivity contribution in [3.63, 3.8) is 0 Å². The van der Waals surface area contributed by atoms with Gasteiger partial charge in [-0.2, -0.15) is 5.10 Å². The Balaban J connectivity index is 1.92. The zero-order chi connectivity index (χ0) is 22.0. The van der Waals surface area contributed by atoms with Gasteiger partial charge in [-0.15, -0.1) is 11.3 Å². The van der Waals surface area contributed by atoms with Gasteiger partial charge in [0, 0.05) is 16.0 Å². The molecular formula is C26H24ClN3S. The summed E-state index contributed by atoms with van der Waals surface area (Å²) < 4.78 is 1.92. The molecule has 0 saturated carbocycles. The van der Waals surface area contributed by atoms with Gasteiger partial charge in [0.15, 0.2) is 0 Å². The molecule has 5 heteroatoms. The van der Waals surface area contributed by atoms with Gasteiger partial charge >= 0.3 is 0 Å². The summed E-state index contributed by atoms with van der Waals surface area (Å²) in [5.41, 5.74) is 8.47. The first kappa shape index (κ1) is 21.3. The van der Waals surface area contributed by atoms with E-state index in [2.05, 4.69) is 68.6 Å². The van der Waals surface area contributed by atoms with Gasteiger partial charge < -0.3 is 0 Å². The molecule has 31 heavy (non-hydrogen) atoms. The molecule has 0 amide bonds. The van der Waals surface area contributed by atoms with Gasteiger partial charge in [-0.25, -0.2) is 9.67 Å². The van der Waals surface area contributed by atoms with Crippen LogP contribution in [0, 0.1) is 20.8 Å². The third kappa shape index (κ3) is 4.87. The van der Waals surface area contributed by atoms with Gasteiger partial charge in [-0.3, -0.25) is 0 Å². The minimum Gasteiger partial charge on any atom is -0.219 e. The zero-order valence-corrected chi connectivity index (χ0v) is 19.6. The Morgan fingerprint density at radius 1 is 0.903 bits per heavy atom. The van der Waals surface area contributed by atoms with Crippen molar-refractivity contribution in [2.45, 2.75) is 27.7 Å². The molecule has 0 spiro atoms. The Kier molecular flexibility index (Phi) is 6.21. The van der Waals surface area contributed by atoms with Crippen molar-refractivity contribution in [1.82, 2.24) is 4.68 Å². The van der Waals surface area contributed by atoms with E-state index in [9.17, 15) is 0 Å². The largest absolute Gasteiger partial charge is 0.219 e. The maximum atomic E-state index is 6.27. The lowest BCUT2D eigenvalue weighted by Gasteiger charge is -2.08. The number of hydrogen-bond donors (Lipinski definition) is 0. The van der Waals surface area contributed by atoms with Gasteiger partial charge in [0.1, 0.15) is 0 Å². The molecule has 0 fully saturated rings. The Morgan fingerprint density at radius 3 is 2.39 bits per heavy atom. The molecule has 1 heterocycles. The summed E-state index contributed by atoms with van der Waals surface area (Å²) in [6, 6.07) is 22.6. The van der Waals surface area contributed by atoms with E-state index in [-0.39, 0.29) is 0 Å². The molecule has 4 rings (SSSR count). The second kappa shape index (κ2) is 9.04. The SMILES string of the molecule is C/C(=N/n1c(-c2cccc(Cl)c2)csc1=Nc1cc(C)ccc1C)c1ccc(C)cc1. The van der Waals surface area contributed by atoms with Crippen LogP contribution in [0.1, 0.15) is 29.2 Å². The fourth-order valence-electron chi connectivity index (χ4n) is 3.27. The number of nitrogens with zero attached hydrogens (tertiary/aromatic N) is 3. The molecule has 0 atom stereocenters. The minimum absolute atomic E-state index is 0.697. The van der Waals surface area contributed by atoms with E-state index in [1.165, 1.54) is 11.1 Å². The van der Waals surface area contributed by atoms with E-state index in [1.807, 2.05) is 35.9 Å². The Bertz CT molecular complexity index is 1330. The van der Waals surface area contributed by atoms with Crippen molar-refractivity contribution in [3.8, 4) is 11.3 Å². The quantitative estimate of drug-likeness (QED) is 0.295. The first-order valence-corrected chi connectivity index (χ1v) is 11.4. The first-order chi connectivity index (χ1) is 14.9. The molecule has 0 aliphatic heterocycles. The standard InChI is InChI=1S/C26H24ClN3S/c1-17-9-12-21(13-10-17)20(4)29-30-25(22-6-5-7-23(27)15-22)16-31-26(30)28-24-14-18(2)8-11-19(24)3/h5-16H,1-4H3/b28-26?,29-20-. The number of benzene rings is 3. The molecule has 0 saturated heterocycles. The van der Waals surface area contributed by atoms with Crippen molar-refractivity contribution in [1.29, 1.82) is 0 Å². The van der Waals surface area contributed by atoms with Gasteiger partial charge in [0.25, 0.3) is 0 Å². The van der Waals surface area contributed by atoms with Crippen LogP contribution >= 0.6 is 22.9 Å². The van der Waals surface area contributed by atoms with Gasteiger partial charge in [-0.1, -0.05) is 65.7 Å². The molecule has 0 bridgehead atoms. The fraction of sp³-hybridized carbons (Fsp3) is 0.154.